The van der Waals surface area contributed by atoms with E-state index in [0.717, 1.165) is 24.1 Å². The van der Waals surface area contributed by atoms with Gasteiger partial charge in [0.1, 0.15) is 4.60 Å². The Kier molecular flexibility index (Phi) is 2.89. The third-order valence-electron chi connectivity index (χ3n) is 1.20. The molecule has 3 nitrogen and oxygen atoms in total. The number of halogens is 1. The standard InChI is InChI=1S/C6H10BrN3/c7-6-2-5-10(9-6)4-1-3-8/h2,5H,1,3-4,8H2. The Morgan fingerprint density at radius 1 is 1.70 bits per heavy atom. The summed E-state index contributed by atoms with van der Waals surface area (Å²) in [5.41, 5.74) is 5.33. The van der Waals surface area contributed by atoms with Gasteiger partial charge in [-0.25, -0.2) is 0 Å². The van der Waals surface area contributed by atoms with E-state index in [1.807, 2.05) is 16.9 Å². The highest BCUT2D eigenvalue weighted by Crippen LogP contribution is 2.03. The van der Waals surface area contributed by atoms with Crippen molar-refractivity contribution < 1.29 is 0 Å². The highest BCUT2D eigenvalue weighted by atomic mass is 79.9. The summed E-state index contributed by atoms with van der Waals surface area (Å²) in [6, 6.07) is 1.91. The van der Waals surface area contributed by atoms with Crippen molar-refractivity contribution in [2.75, 3.05) is 6.54 Å². The molecule has 1 heterocycles. The third kappa shape index (κ3) is 2.11. The molecule has 0 bridgehead atoms. The average molecular weight is 204 g/mol. The summed E-state index contributed by atoms with van der Waals surface area (Å²) in [5.74, 6) is 0. The van der Waals surface area contributed by atoms with E-state index in [-0.39, 0.29) is 0 Å². The second kappa shape index (κ2) is 3.73. The van der Waals surface area contributed by atoms with E-state index < -0.39 is 0 Å². The largest absolute Gasteiger partial charge is 0.330 e. The van der Waals surface area contributed by atoms with E-state index in [1.54, 1.807) is 0 Å². The molecule has 56 valence electrons. The minimum Gasteiger partial charge on any atom is -0.330 e. The van der Waals surface area contributed by atoms with Gasteiger partial charge in [-0.3, -0.25) is 4.68 Å². The molecule has 10 heavy (non-hydrogen) atoms. The van der Waals surface area contributed by atoms with Crippen LogP contribution in [-0.4, -0.2) is 16.3 Å². The smallest absolute Gasteiger partial charge is 0.128 e. The maximum absolute atomic E-state index is 5.33. The van der Waals surface area contributed by atoms with Crippen LogP contribution in [-0.2, 0) is 6.54 Å². The summed E-state index contributed by atoms with van der Waals surface area (Å²) in [6.45, 7) is 1.62. The van der Waals surface area contributed by atoms with Crippen LogP contribution >= 0.6 is 15.9 Å². The SMILES string of the molecule is NCCCn1ccc(Br)n1. The lowest BCUT2D eigenvalue weighted by molar-refractivity contribution is 0.582. The molecule has 0 radical (unpaired) electrons. The van der Waals surface area contributed by atoms with Gasteiger partial charge >= 0.3 is 0 Å². The molecule has 0 amide bonds. The quantitative estimate of drug-likeness (QED) is 0.797. The lowest BCUT2D eigenvalue weighted by atomic mass is 10.4. The van der Waals surface area contributed by atoms with Crippen molar-refractivity contribution in [3.63, 3.8) is 0 Å². The Labute approximate surface area is 68.3 Å². The zero-order chi connectivity index (χ0) is 7.40. The normalized spacial score (nSPS) is 10.2. The number of aryl methyl sites for hydroxylation is 1. The highest BCUT2D eigenvalue weighted by molar-refractivity contribution is 9.10. The van der Waals surface area contributed by atoms with Crippen molar-refractivity contribution in [2.45, 2.75) is 13.0 Å². The van der Waals surface area contributed by atoms with Crippen LogP contribution in [0.3, 0.4) is 0 Å². The maximum Gasteiger partial charge on any atom is 0.128 e. The van der Waals surface area contributed by atoms with Crippen LogP contribution in [0.5, 0.6) is 0 Å². The minimum absolute atomic E-state index is 0.720. The molecule has 0 spiro atoms. The molecule has 1 aromatic heterocycles. The topological polar surface area (TPSA) is 43.8 Å². The first-order chi connectivity index (χ1) is 4.83. The van der Waals surface area contributed by atoms with Crippen LogP contribution in [0.4, 0.5) is 0 Å². The van der Waals surface area contributed by atoms with Crippen molar-refractivity contribution in [2.24, 2.45) is 5.73 Å². The maximum atomic E-state index is 5.33. The number of nitrogens with two attached hydrogens (primary N) is 1. The van der Waals surface area contributed by atoms with E-state index in [4.69, 9.17) is 5.73 Å². The lowest BCUT2D eigenvalue weighted by Gasteiger charge is -1.96. The molecular weight excluding hydrogens is 194 g/mol. The van der Waals surface area contributed by atoms with Crippen molar-refractivity contribution >= 4 is 15.9 Å². The van der Waals surface area contributed by atoms with Crippen LogP contribution in [0, 0.1) is 0 Å². The molecule has 0 aromatic carbocycles. The van der Waals surface area contributed by atoms with Gasteiger partial charge in [0, 0.05) is 12.7 Å². The van der Waals surface area contributed by atoms with Crippen LogP contribution in [0.25, 0.3) is 0 Å². The molecule has 4 heteroatoms. The predicted octanol–water partition coefficient (Wildman–Crippen LogP) is 0.994. The van der Waals surface area contributed by atoms with Crippen molar-refractivity contribution in [3.05, 3.63) is 16.9 Å². The van der Waals surface area contributed by atoms with Gasteiger partial charge < -0.3 is 5.73 Å². The van der Waals surface area contributed by atoms with Gasteiger partial charge in [-0.1, -0.05) is 0 Å². The molecule has 0 saturated heterocycles. The van der Waals surface area contributed by atoms with Gasteiger partial charge in [-0.15, -0.1) is 0 Å². The number of hydrogen-bond donors (Lipinski definition) is 1. The highest BCUT2D eigenvalue weighted by Gasteiger charge is 1.92. The first-order valence-corrected chi connectivity index (χ1v) is 4.01. The molecule has 0 atom stereocenters. The molecule has 0 aliphatic heterocycles. The zero-order valence-electron chi connectivity index (χ0n) is 5.63. The first-order valence-electron chi connectivity index (χ1n) is 3.22. The predicted molar refractivity (Wildman–Crippen MR) is 43.6 cm³/mol. The van der Waals surface area contributed by atoms with E-state index in [1.165, 1.54) is 0 Å². The fourth-order valence-electron chi connectivity index (χ4n) is 0.715. The van der Waals surface area contributed by atoms with E-state index in [2.05, 4.69) is 21.0 Å². The Morgan fingerprint density at radius 2 is 2.50 bits per heavy atom. The number of rotatable bonds is 3. The van der Waals surface area contributed by atoms with Gasteiger partial charge in [0.2, 0.25) is 0 Å². The summed E-state index contributed by atoms with van der Waals surface area (Å²) in [4.78, 5) is 0. The van der Waals surface area contributed by atoms with Crippen LogP contribution in [0.15, 0.2) is 16.9 Å². The molecular formula is C6H10BrN3. The molecule has 0 aliphatic rings. The first kappa shape index (κ1) is 7.75. The summed E-state index contributed by atoms with van der Waals surface area (Å²) < 4.78 is 2.75. The monoisotopic (exact) mass is 203 g/mol. The van der Waals surface area contributed by atoms with Gasteiger partial charge in [0.05, 0.1) is 0 Å². The summed E-state index contributed by atoms with van der Waals surface area (Å²) >= 11 is 3.26. The fraction of sp³-hybridized carbons (Fsp3) is 0.500. The molecule has 0 unspecified atom stereocenters. The van der Waals surface area contributed by atoms with Crippen molar-refractivity contribution in [1.29, 1.82) is 0 Å². The summed E-state index contributed by atoms with van der Waals surface area (Å²) in [7, 11) is 0. The molecule has 1 aromatic rings. The van der Waals surface area contributed by atoms with Crippen LogP contribution in [0.1, 0.15) is 6.42 Å². The summed E-state index contributed by atoms with van der Waals surface area (Å²) in [5, 5.41) is 4.13. The molecule has 0 fully saturated rings. The Bertz CT molecular complexity index is 197. The molecule has 2 N–H and O–H groups in total. The third-order valence-corrected chi connectivity index (χ3v) is 1.62. The lowest BCUT2D eigenvalue weighted by Crippen LogP contribution is -2.05. The molecule has 1 rings (SSSR count). The number of nitrogens with zero attached hydrogens (tertiary/aromatic N) is 2. The second-order valence-corrected chi connectivity index (χ2v) is 2.86. The van der Waals surface area contributed by atoms with Gasteiger partial charge in [0.15, 0.2) is 0 Å². The van der Waals surface area contributed by atoms with E-state index in [0.29, 0.717) is 0 Å². The van der Waals surface area contributed by atoms with Crippen LogP contribution < -0.4 is 5.73 Å². The van der Waals surface area contributed by atoms with Crippen LogP contribution in [0.2, 0.25) is 0 Å². The van der Waals surface area contributed by atoms with Gasteiger partial charge in [0.25, 0.3) is 0 Å². The minimum atomic E-state index is 0.720. The number of aromatic nitrogens is 2. The van der Waals surface area contributed by atoms with Gasteiger partial charge in [-0.2, -0.15) is 5.10 Å². The zero-order valence-corrected chi connectivity index (χ0v) is 7.21. The molecule has 0 aliphatic carbocycles. The number of hydrogen-bond acceptors (Lipinski definition) is 2. The van der Waals surface area contributed by atoms with Crippen molar-refractivity contribution in [3.8, 4) is 0 Å². The van der Waals surface area contributed by atoms with E-state index in [9.17, 15) is 0 Å². The van der Waals surface area contributed by atoms with Crippen molar-refractivity contribution in [1.82, 2.24) is 9.78 Å². The Hall–Kier alpha value is -0.350. The Balaban J connectivity index is 2.42. The average Bonchev–Trinajstić information content (AvgIpc) is 2.31. The van der Waals surface area contributed by atoms with Gasteiger partial charge in [-0.05, 0) is 35.0 Å². The second-order valence-electron chi connectivity index (χ2n) is 2.04. The summed E-state index contributed by atoms with van der Waals surface area (Å²) in [6.07, 6.45) is 2.91. The molecule has 0 saturated carbocycles. The van der Waals surface area contributed by atoms with E-state index >= 15 is 0 Å². The Morgan fingerprint density at radius 3 is 3.00 bits per heavy atom. The fourth-order valence-corrected chi connectivity index (χ4v) is 1.04.